The van der Waals surface area contributed by atoms with Gasteiger partial charge in [0.1, 0.15) is 10.9 Å². The number of amides is 1. The summed E-state index contributed by atoms with van der Waals surface area (Å²) in [5, 5.41) is 9.23. The Morgan fingerprint density at radius 2 is 2.11 bits per heavy atom. The van der Waals surface area contributed by atoms with E-state index in [1.807, 2.05) is 30.3 Å². The highest BCUT2D eigenvalue weighted by molar-refractivity contribution is 8.00. The molecule has 0 saturated carbocycles. The lowest BCUT2D eigenvalue weighted by Gasteiger charge is -2.33. The fourth-order valence-corrected chi connectivity index (χ4v) is 4.47. The Morgan fingerprint density at radius 1 is 1.39 bits per heavy atom. The van der Waals surface area contributed by atoms with Gasteiger partial charge in [0.15, 0.2) is 0 Å². The molecule has 0 aliphatic carbocycles. The van der Waals surface area contributed by atoms with Crippen molar-refractivity contribution in [2.24, 2.45) is 0 Å². The molecular formula is C13H13NO3S. The second kappa shape index (κ2) is 4.02. The summed E-state index contributed by atoms with van der Waals surface area (Å²) in [6, 6.07) is 9.05. The summed E-state index contributed by atoms with van der Waals surface area (Å²) in [5.74, 6) is -0.484. The van der Waals surface area contributed by atoms with Crippen LogP contribution in [0.2, 0.25) is 0 Å². The number of thioether (sulfide) groups is 1. The van der Waals surface area contributed by atoms with Crippen molar-refractivity contribution in [3.63, 3.8) is 0 Å². The van der Waals surface area contributed by atoms with E-state index in [0.29, 0.717) is 18.6 Å². The maximum Gasteiger partial charge on any atom is 0.327 e. The summed E-state index contributed by atoms with van der Waals surface area (Å²) in [4.78, 5) is 24.4. The average Bonchev–Trinajstić information content (AvgIpc) is 2.91. The molecule has 1 amide bonds. The molecule has 0 spiro atoms. The summed E-state index contributed by atoms with van der Waals surface area (Å²) >= 11 is 1.58. The van der Waals surface area contributed by atoms with Crippen LogP contribution in [-0.4, -0.2) is 33.7 Å². The SMILES string of the molecule is O=C(O)[C@H]1CS[C@@]2(c3ccccc3)CCC(=O)N12. The first kappa shape index (κ1) is 11.6. The van der Waals surface area contributed by atoms with E-state index in [1.54, 1.807) is 16.7 Å². The molecule has 2 atom stereocenters. The minimum Gasteiger partial charge on any atom is -0.480 e. The van der Waals surface area contributed by atoms with Crippen molar-refractivity contribution in [1.29, 1.82) is 0 Å². The lowest BCUT2D eigenvalue weighted by molar-refractivity contribution is -0.148. The Labute approximate surface area is 109 Å². The van der Waals surface area contributed by atoms with Crippen LogP contribution in [0.15, 0.2) is 30.3 Å². The van der Waals surface area contributed by atoms with E-state index in [-0.39, 0.29) is 5.91 Å². The molecule has 2 aliphatic heterocycles. The van der Waals surface area contributed by atoms with E-state index in [2.05, 4.69) is 0 Å². The molecule has 18 heavy (non-hydrogen) atoms. The van der Waals surface area contributed by atoms with Crippen molar-refractivity contribution >= 4 is 23.6 Å². The minimum atomic E-state index is -0.907. The van der Waals surface area contributed by atoms with E-state index in [1.165, 1.54) is 0 Å². The first-order chi connectivity index (χ1) is 8.65. The normalized spacial score (nSPS) is 30.6. The van der Waals surface area contributed by atoms with Gasteiger partial charge in [-0.1, -0.05) is 30.3 Å². The summed E-state index contributed by atoms with van der Waals surface area (Å²) < 4.78 is 0. The third-order valence-electron chi connectivity index (χ3n) is 3.64. The number of fused-ring (bicyclic) bond motifs is 1. The number of carboxylic acids is 1. The highest BCUT2D eigenvalue weighted by Gasteiger charge is 2.56. The Balaban J connectivity index is 2.06. The van der Waals surface area contributed by atoms with E-state index in [9.17, 15) is 14.7 Å². The molecule has 4 nitrogen and oxygen atoms in total. The molecule has 5 heteroatoms. The third kappa shape index (κ3) is 1.47. The zero-order valence-electron chi connectivity index (χ0n) is 9.70. The zero-order valence-corrected chi connectivity index (χ0v) is 10.5. The van der Waals surface area contributed by atoms with Crippen molar-refractivity contribution in [2.45, 2.75) is 23.8 Å². The summed E-state index contributed by atoms with van der Waals surface area (Å²) in [6.45, 7) is 0. The number of carbonyl (C=O) groups is 2. The maximum absolute atomic E-state index is 12.0. The first-order valence-electron chi connectivity index (χ1n) is 5.89. The van der Waals surface area contributed by atoms with Crippen LogP contribution in [0.25, 0.3) is 0 Å². The second-order valence-electron chi connectivity index (χ2n) is 4.58. The smallest absolute Gasteiger partial charge is 0.327 e. The van der Waals surface area contributed by atoms with Gasteiger partial charge in [-0.2, -0.15) is 0 Å². The second-order valence-corrected chi connectivity index (χ2v) is 5.88. The summed E-state index contributed by atoms with van der Waals surface area (Å²) in [7, 11) is 0. The molecule has 94 valence electrons. The lowest BCUT2D eigenvalue weighted by atomic mass is 10.0. The molecule has 0 bridgehead atoms. The number of carbonyl (C=O) groups excluding carboxylic acids is 1. The average molecular weight is 263 g/mol. The summed E-state index contributed by atoms with van der Waals surface area (Å²) in [5.41, 5.74) is 1.03. The van der Waals surface area contributed by atoms with Crippen LogP contribution in [0.3, 0.4) is 0 Å². The molecule has 0 radical (unpaired) electrons. The van der Waals surface area contributed by atoms with Gasteiger partial charge in [-0.25, -0.2) is 4.79 Å². The van der Waals surface area contributed by atoms with Gasteiger partial charge in [-0.15, -0.1) is 11.8 Å². The minimum absolute atomic E-state index is 0.0451. The molecule has 2 heterocycles. The number of hydrogen-bond acceptors (Lipinski definition) is 3. The molecule has 2 aliphatic rings. The highest BCUT2D eigenvalue weighted by atomic mass is 32.2. The van der Waals surface area contributed by atoms with Gasteiger partial charge in [0, 0.05) is 12.2 Å². The van der Waals surface area contributed by atoms with Gasteiger partial charge in [-0.05, 0) is 12.0 Å². The molecule has 2 saturated heterocycles. The molecule has 2 fully saturated rings. The monoisotopic (exact) mass is 263 g/mol. The van der Waals surface area contributed by atoms with Gasteiger partial charge in [0.2, 0.25) is 5.91 Å². The van der Waals surface area contributed by atoms with Crippen LogP contribution in [0.5, 0.6) is 0 Å². The number of hydrogen-bond donors (Lipinski definition) is 1. The lowest BCUT2D eigenvalue weighted by Crippen LogP contribution is -2.45. The predicted octanol–water partition coefficient (Wildman–Crippen LogP) is 1.66. The molecule has 1 aromatic carbocycles. The standard InChI is InChI=1S/C13H13NO3S/c15-11-6-7-13(9-4-2-1-3-5-9)14(11)10(8-18-13)12(16)17/h1-5,10H,6-8H2,(H,16,17)/t10-,13-/m1/s1. The van der Waals surface area contributed by atoms with Gasteiger partial charge in [0.05, 0.1) is 0 Å². The third-order valence-corrected chi connectivity index (χ3v) is 5.23. The number of aliphatic carboxylic acids is 1. The Bertz CT molecular complexity index is 504. The maximum atomic E-state index is 12.0. The Hall–Kier alpha value is -1.49. The van der Waals surface area contributed by atoms with Crippen LogP contribution in [0, 0.1) is 0 Å². The topological polar surface area (TPSA) is 57.6 Å². The molecule has 3 rings (SSSR count). The van der Waals surface area contributed by atoms with E-state index < -0.39 is 16.9 Å². The van der Waals surface area contributed by atoms with Crippen molar-refractivity contribution < 1.29 is 14.7 Å². The van der Waals surface area contributed by atoms with Crippen molar-refractivity contribution in [3.05, 3.63) is 35.9 Å². The summed E-state index contributed by atoms with van der Waals surface area (Å²) in [6.07, 6.45) is 1.13. The highest BCUT2D eigenvalue weighted by Crippen LogP contribution is 2.54. The number of benzene rings is 1. The van der Waals surface area contributed by atoms with Crippen LogP contribution < -0.4 is 0 Å². The molecule has 0 aromatic heterocycles. The van der Waals surface area contributed by atoms with E-state index >= 15 is 0 Å². The van der Waals surface area contributed by atoms with Crippen molar-refractivity contribution in [2.75, 3.05) is 5.75 Å². The van der Waals surface area contributed by atoms with E-state index in [0.717, 1.165) is 5.56 Å². The van der Waals surface area contributed by atoms with Crippen LogP contribution in [-0.2, 0) is 14.5 Å². The molecule has 1 aromatic rings. The quantitative estimate of drug-likeness (QED) is 0.881. The van der Waals surface area contributed by atoms with Crippen LogP contribution >= 0.6 is 11.8 Å². The number of carboxylic acid groups (broad SMARTS) is 1. The Kier molecular flexibility index (Phi) is 2.59. The zero-order chi connectivity index (χ0) is 12.8. The van der Waals surface area contributed by atoms with Gasteiger partial charge >= 0.3 is 5.97 Å². The van der Waals surface area contributed by atoms with Gasteiger partial charge in [-0.3, -0.25) is 4.79 Å². The fraction of sp³-hybridized carbons (Fsp3) is 0.385. The van der Waals surface area contributed by atoms with Crippen LogP contribution in [0.1, 0.15) is 18.4 Å². The number of rotatable bonds is 2. The molecule has 0 unspecified atom stereocenters. The molecule has 1 N–H and O–H groups in total. The van der Waals surface area contributed by atoms with Gasteiger partial charge < -0.3 is 10.0 Å². The Morgan fingerprint density at radius 3 is 2.78 bits per heavy atom. The van der Waals surface area contributed by atoms with Crippen molar-refractivity contribution in [1.82, 2.24) is 4.90 Å². The fourth-order valence-electron chi connectivity index (χ4n) is 2.82. The first-order valence-corrected chi connectivity index (χ1v) is 6.88. The predicted molar refractivity (Wildman–Crippen MR) is 68.1 cm³/mol. The molecular weight excluding hydrogens is 250 g/mol. The van der Waals surface area contributed by atoms with Crippen LogP contribution in [0.4, 0.5) is 0 Å². The van der Waals surface area contributed by atoms with Crippen molar-refractivity contribution in [3.8, 4) is 0 Å². The van der Waals surface area contributed by atoms with E-state index in [4.69, 9.17) is 0 Å². The van der Waals surface area contributed by atoms with Gasteiger partial charge in [0.25, 0.3) is 0 Å². The number of nitrogens with zero attached hydrogens (tertiary/aromatic N) is 1. The largest absolute Gasteiger partial charge is 0.480 e.